The third-order valence-corrected chi connectivity index (χ3v) is 4.56. The molecule has 122 valence electrons. The normalized spacial score (nSPS) is 18.6. The Morgan fingerprint density at radius 3 is 2.73 bits per heavy atom. The van der Waals surface area contributed by atoms with Gasteiger partial charge in [0.1, 0.15) is 0 Å². The molecule has 6 heteroatoms. The number of rotatable bonds is 5. The van der Waals surface area contributed by atoms with Crippen molar-refractivity contribution >= 4 is 40.2 Å². The minimum atomic E-state index is -0.801. The molecule has 1 aliphatic rings. The van der Waals surface area contributed by atoms with Crippen molar-refractivity contribution in [2.24, 2.45) is 11.8 Å². The van der Waals surface area contributed by atoms with Gasteiger partial charge in [-0.25, -0.2) is 0 Å². The van der Waals surface area contributed by atoms with Crippen LogP contribution < -0.4 is 0 Å². The molecule has 1 aromatic rings. The fourth-order valence-corrected chi connectivity index (χ4v) is 3.22. The predicted molar refractivity (Wildman–Crippen MR) is 91.2 cm³/mol. The lowest BCUT2D eigenvalue weighted by Crippen LogP contribution is -2.35. The summed E-state index contributed by atoms with van der Waals surface area (Å²) in [4.78, 5) is 25.3. The molecule has 0 bridgehead atoms. The molecule has 2 rings (SSSR count). The Hall–Kier alpha value is -1.07. The van der Waals surface area contributed by atoms with Crippen molar-refractivity contribution in [2.45, 2.75) is 26.2 Å². The zero-order chi connectivity index (χ0) is 15.4. The van der Waals surface area contributed by atoms with Crippen LogP contribution in [0.3, 0.4) is 0 Å². The summed E-state index contributed by atoms with van der Waals surface area (Å²) in [5.74, 6) is -1.20. The summed E-state index contributed by atoms with van der Waals surface area (Å²) in [5, 5.41) is 9.03. The number of nitrogens with zero attached hydrogens (tertiary/aromatic N) is 1. The molecule has 0 aliphatic carbocycles. The van der Waals surface area contributed by atoms with E-state index in [1.165, 1.54) is 0 Å². The molecular weight excluding hydrogens is 370 g/mol. The van der Waals surface area contributed by atoms with E-state index in [0.717, 1.165) is 16.5 Å². The molecule has 0 spiro atoms. The minimum absolute atomic E-state index is 0. The zero-order valence-electron chi connectivity index (χ0n) is 12.5. The second-order valence-electron chi connectivity index (χ2n) is 5.55. The maximum atomic E-state index is 12.6. The summed E-state index contributed by atoms with van der Waals surface area (Å²) < 4.78 is 1.01. The van der Waals surface area contributed by atoms with Crippen LogP contribution in [0, 0.1) is 11.8 Å². The molecular formula is C16H21BrClNO3. The molecule has 0 saturated carbocycles. The van der Waals surface area contributed by atoms with Gasteiger partial charge >= 0.3 is 5.97 Å². The fraction of sp³-hybridized carbons (Fsp3) is 0.500. The number of benzene rings is 1. The van der Waals surface area contributed by atoms with Gasteiger partial charge in [0.25, 0.3) is 0 Å². The summed E-state index contributed by atoms with van der Waals surface area (Å²) >= 11 is 3.44. The Morgan fingerprint density at radius 2 is 2.18 bits per heavy atom. The predicted octanol–water partition coefficient (Wildman–Crippen LogP) is 3.37. The summed E-state index contributed by atoms with van der Waals surface area (Å²) in [6, 6.07) is 7.97. The first-order valence-corrected chi connectivity index (χ1v) is 8.06. The van der Waals surface area contributed by atoms with E-state index < -0.39 is 11.9 Å². The van der Waals surface area contributed by atoms with E-state index in [0.29, 0.717) is 25.9 Å². The molecule has 1 N–H and O–H groups in total. The quantitative estimate of drug-likeness (QED) is 0.838. The van der Waals surface area contributed by atoms with Crippen molar-refractivity contribution in [3.63, 3.8) is 0 Å². The smallest absolute Gasteiger partial charge is 0.308 e. The average molecular weight is 391 g/mol. The number of hydrogen-bond donors (Lipinski definition) is 1. The number of carboxylic acids is 1. The SMILES string of the molecule is CCC(Cc1cccc(Br)c1)C(=O)N1CCC(C(=O)O)C1.Cl. The summed E-state index contributed by atoms with van der Waals surface area (Å²) in [6.07, 6.45) is 2.02. The average Bonchev–Trinajstić information content (AvgIpc) is 2.94. The topological polar surface area (TPSA) is 57.6 Å². The van der Waals surface area contributed by atoms with Crippen molar-refractivity contribution < 1.29 is 14.7 Å². The van der Waals surface area contributed by atoms with Gasteiger partial charge < -0.3 is 10.0 Å². The van der Waals surface area contributed by atoms with Gasteiger partial charge in [-0.2, -0.15) is 0 Å². The van der Waals surface area contributed by atoms with E-state index in [2.05, 4.69) is 15.9 Å². The largest absolute Gasteiger partial charge is 0.481 e. The Balaban J connectivity index is 0.00000242. The standard InChI is InChI=1S/C16H20BrNO3.ClH/c1-2-12(8-11-4-3-5-14(17)9-11)15(19)18-7-6-13(10-18)16(20)21;/h3-5,9,12-13H,2,6-8,10H2,1H3,(H,20,21);1H. The molecule has 0 aromatic heterocycles. The number of carbonyl (C=O) groups excluding carboxylic acids is 1. The Labute approximate surface area is 145 Å². The minimum Gasteiger partial charge on any atom is -0.481 e. The van der Waals surface area contributed by atoms with E-state index >= 15 is 0 Å². The van der Waals surface area contributed by atoms with Crippen molar-refractivity contribution in [1.82, 2.24) is 4.90 Å². The summed E-state index contributed by atoms with van der Waals surface area (Å²) in [6.45, 7) is 2.92. The number of hydrogen-bond acceptors (Lipinski definition) is 2. The first-order chi connectivity index (χ1) is 10.0. The molecule has 2 unspecified atom stereocenters. The van der Waals surface area contributed by atoms with Gasteiger partial charge in [-0.15, -0.1) is 12.4 Å². The molecule has 1 fully saturated rings. The van der Waals surface area contributed by atoms with Gasteiger partial charge in [-0.3, -0.25) is 9.59 Å². The lowest BCUT2D eigenvalue weighted by atomic mass is 9.95. The third kappa shape index (κ3) is 4.71. The maximum absolute atomic E-state index is 12.6. The molecule has 22 heavy (non-hydrogen) atoms. The van der Waals surface area contributed by atoms with Crippen molar-refractivity contribution in [2.75, 3.05) is 13.1 Å². The number of amides is 1. The van der Waals surface area contributed by atoms with Gasteiger partial charge in [0, 0.05) is 23.5 Å². The van der Waals surface area contributed by atoms with Gasteiger partial charge in [0.05, 0.1) is 5.92 Å². The molecule has 1 aromatic carbocycles. The van der Waals surface area contributed by atoms with Crippen LogP contribution in [-0.2, 0) is 16.0 Å². The molecule has 4 nitrogen and oxygen atoms in total. The Morgan fingerprint density at radius 1 is 1.45 bits per heavy atom. The van der Waals surface area contributed by atoms with Gasteiger partial charge in [-0.05, 0) is 37.0 Å². The van der Waals surface area contributed by atoms with Crippen molar-refractivity contribution in [1.29, 1.82) is 0 Å². The number of carboxylic acid groups (broad SMARTS) is 1. The summed E-state index contributed by atoms with van der Waals surface area (Å²) in [5.41, 5.74) is 1.12. The van der Waals surface area contributed by atoms with E-state index in [-0.39, 0.29) is 24.2 Å². The zero-order valence-corrected chi connectivity index (χ0v) is 14.9. The van der Waals surface area contributed by atoms with E-state index in [1.807, 2.05) is 31.2 Å². The number of likely N-dealkylation sites (tertiary alicyclic amines) is 1. The molecule has 2 atom stereocenters. The monoisotopic (exact) mass is 389 g/mol. The van der Waals surface area contributed by atoms with E-state index in [4.69, 9.17) is 5.11 Å². The fourth-order valence-electron chi connectivity index (χ4n) is 2.77. The molecule has 1 aliphatic heterocycles. The highest BCUT2D eigenvalue weighted by molar-refractivity contribution is 9.10. The van der Waals surface area contributed by atoms with Crippen molar-refractivity contribution in [3.05, 3.63) is 34.3 Å². The highest BCUT2D eigenvalue weighted by Gasteiger charge is 2.33. The number of halogens is 2. The summed E-state index contributed by atoms with van der Waals surface area (Å²) in [7, 11) is 0. The molecule has 1 saturated heterocycles. The second kappa shape index (κ2) is 8.53. The van der Waals surface area contributed by atoms with Gasteiger partial charge in [0.15, 0.2) is 0 Å². The van der Waals surface area contributed by atoms with Gasteiger partial charge in [-0.1, -0.05) is 35.0 Å². The Bertz CT molecular complexity index is 538. The molecule has 1 heterocycles. The number of carbonyl (C=O) groups is 2. The van der Waals surface area contributed by atoms with Crippen LogP contribution in [0.1, 0.15) is 25.3 Å². The molecule has 1 amide bonds. The molecule has 0 radical (unpaired) electrons. The van der Waals surface area contributed by atoms with Crippen molar-refractivity contribution in [3.8, 4) is 0 Å². The lowest BCUT2D eigenvalue weighted by Gasteiger charge is -2.22. The van der Waals surface area contributed by atoms with Crippen LogP contribution >= 0.6 is 28.3 Å². The van der Waals surface area contributed by atoms with Crippen LogP contribution in [0.4, 0.5) is 0 Å². The van der Waals surface area contributed by atoms with Crippen LogP contribution in [0.2, 0.25) is 0 Å². The van der Waals surface area contributed by atoms with Crippen LogP contribution in [0.5, 0.6) is 0 Å². The maximum Gasteiger partial charge on any atom is 0.308 e. The van der Waals surface area contributed by atoms with Crippen LogP contribution in [0.15, 0.2) is 28.7 Å². The van der Waals surface area contributed by atoms with E-state index in [9.17, 15) is 9.59 Å². The van der Waals surface area contributed by atoms with Gasteiger partial charge in [0.2, 0.25) is 5.91 Å². The second-order valence-corrected chi connectivity index (χ2v) is 6.46. The van der Waals surface area contributed by atoms with Crippen LogP contribution in [0.25, 0.3) is 0 Å². The highest BCUT2D eigenvalue weighted by atomic mass is 79.9. The third-order valence-electron chi connectivity index (χ3n) is 4.06. The highest BCUT2D eigenvalue weighted by Crippen LogP contribution is 2.23. The van der Waals surface area contributed by atoms with Crippen LogP contribution in [-0.4, -0.2) is 35.0 Å². The number of aliphatic carboxylic acids is 1. The first-order valence-electron chi connectivity index (χ1n) is 7.27. The van der Waals surface area contributed by atoms with E-state index in [1.54, 1.807) is 4.90 Å². The first kappa shape index (κ1) is 19.0. The Kier molecular flexibility index (Phi) is 7.36. The lowest BCUT2D eigenvalue weighted by molar-refractivity contribution is -0.141.